The van der Waals surface area contributed by atoms with Crippen LogP contribution in [0.4, 0.5) is 0 Å². The van der Waals surface area contributed by atoms with E-state index in [9.17, 15) is 10.2 Å². The first-order valence-electron chi connectivity index (χ1n) is 8.99. The van der Waals surface area contributed by atoms with Gasteiger partial charge in [-0.15, -0.1) is 0 Å². The zero-order chi connectivity index (χ0) is 17.3. The van der Waals surface area contributed by atoms with Crippen molar-refractivity contribution in [2.24, 2.45) is 11.8 Å². The largest absolute Gasteiger partial charge is 0.489 e. The molecule has 0 aromatic heterocycles. The highest BCUT2D eigenvalue weighted by Crippen LogP contribution is 2.37. The van der Waals surface area contributed by atoms with Gasteiger partial charge in [-0.25, -0.2) is 0 Å². The highest BCUT2D eigenvalue weighted by Gasteiger charge is 2.40. The summed E-state index contributed by atoms with van der Waals surface area (Å²) in [6, 6.07) is 6.03. The summed E-state index contributed by atoms with van der Waals surface area (Å²) in [6.07, 6.45) is 1.42. The second-order valence-corrected chi connectivity index (χ2v) is 7.83. The summed E-state index contributed by atoms with van der Waals surface area (Å²) in [7, 11) is 0. The van der Waals surface area contributed by atoms with Crippen molar-refractivity contribution >= 4 is 11.6 Å². The van der Waals surface area contributed by atoms with Gasteiger partial charge in [0.25, 0.3) is 0 Å². The lowest BCUT2D eigenvalue weighted by Gasteiger charge is -2.32. The molecule has 0 spiro atoms. The van der Waals surface area contributed by atoms with E-state index in [-0.39, 0.29) is 6.10 Å². The predicted octanol–water partition coefficient (Wildman–Crippen LogP) is 3.08. The second-order valence-electron chi connectivity index (χ2n) is 7.42. The SMILES string of the molecule is CCC(C)Oc1ccc(CN2C[C@H]3C[C@H](O)[C@@H](O)C[C@H]3C2)cc1Cl. The fourth-order valence-corrected chi connectivity index (χ4v) is 4.18. The Balaban J connectivity index is 1.60. The number of rotatable bonds is 5. The maximum Gasteiger partial charge on any atom is 0.138 e. The Kier molecular flexibility index (Phi) is 5.70. The minimum Gasteiger partial charge on any atom is -0.489 e. The fraction of sp³-hybridized carbons (Fsp3) is 0.684. The quantitative estimate of drug-likeness (QED) is 0.854. The van der Waals surface area contributed by atoms with Crippen molar-refractivity contribution in [1.82, 2.24) is 4.90 Å². The third-order valence-electron chi connectivity index (χ3n) is 5.49. The second kappa shape index (κ2) is 7.61. The first kappa shape index (κ1) is 18.0. The topological polar surface area (TPSA) is 52.9 Å². The zero-order valence-electron chi connectivity index (χ0n) is 14.5. The van der Waals surface area contributed by atoms with Crippen molar-refractivity contribution in [3.63, 3.8) is 0 Å². The minimum absolute atomic E-state index is 0.160. The number of halogens is 1. The molecule has 1 saturated heterocycles. The Labute approximate surface area is 149 Å². The Bertz CT molecular complexity index is 550. The van der Waals surface area contributed by atoms with Gasteiger partial charge in [-0.3, -0.25) is 4.90 Å². The van der Waals surface area contributed by atoms with Gasteiger partial charge in [0.05, 0.1) is 23.3 Å². The summed E-state index contributed by atoms with van der Waals surface area (Å²) in [6.45, 7) is 6.95. The first-order valence-corrected chi connectivity index (χ1v) is 9.37. The number of hydrogen-bond acceptors (Lipinski definition) is 4. The molecule has 1 aromatic carbocycles. The van der Waals surface area contributed by atoms with E-state index in [1.807, 2.05) is 19.1 Å². The van der Waals surface area contributed by atoms with Crippen LogP contribution < -0.4 is 4.74 Å². The maximum atomic E-state index is 9.86. The molecule has 5 atom stereocenters. The van der Waals surface area contributed by atoms with Crippen LogP contribution in [0.3, 0.4) is 0 Å². The molecule has 2 fully saturated rings. The van der Waals surface area contributed by atoms with E-state index in [0.717, 1.165) is 31.8 Å². The monoisotopic (exact) mass is 353 g/mol. The van der Waals surface area contributed by atoms with Crippen LogP contribution in [0.5, 0.6) is 5.75 Å². The molecule has 1 aliphatic heterocycles. The van der Waals surface area contributed by atoms with Gasteiger partial charge in [0.2, 0.25) is 0 Å². The molecule has 1 heterocycles. The number of nitrogens with zero attached hydrogens (tertiary/aromatic N) is 1. The molecule has 1 saturated carbocycles. The van der Waals surface area contributed by atoms with Crippen LogP contribution in [0.1, 0.15) is 38.7 Å². The number of aliphatic hydroxyl groups is 2. The van der Waals surface area contributed by atoms with Gasteiger partial charge in [0.15, 0.2) is 0 Å². The number of fused-ring (bicyclic) bond motifs is 1. The van der Waals surface area contributed by atoms with Crippen molar-refractivity contribution in [1.29, 1.82) is 0 Å². The normalized spacial score (nSPS) is 31.7. The molecule has 134 valence electrons. The minimum atomic E-state index is -0.558. The van der Waals surface area contributed by atoms with E-state index in [1.54, 1.807) is 0 Å². The zero-order valence-corrected chi connectivity index (χ0v) is 15.2. The average molecular weight is 354 g/mol. The summed E-state index contributed by atoms with van der Waals surface area (Å²) in [5, 5.41) is 20.4. The van der Waals surface area contributed by atoms with Gasteiger partial charge in [0.1, 0.15) is 5.75 Å². The molecule has 2 N–H and O–H groups in total. The van der Waals surface area contributed by atoms with Crippen LogP contribution in [0.15, 0.2) is 18.2 Å². The van der Waals surface area contributed by atoms with Crippen LogP contribution >= 0.6 is 11.6 Å². The number of benzene rings is 1. The third-order valence-corrected chi connectivity index (χ3v) is 5.79. The molecule has 0 amide bonds. The van der Waals surface area contributed by atoms with E-state index in [1.165, 1.54) is 5.56 Å². The summed E-state index contributed by atoms with van der Waals surface area (Å²) < 4.78 is 5.82. The van der Waals surface area contributed by atoms with Gasteiger partial charge in [0, 0.05) is 19.6 Å². The van der Waals surface area contributed by atoms with Gasteiger partial charge in [-0.05, 0) is 55.7 Å². The Morgan fingerprint density at radius 1 is 1.21 bits per heavy atom. The standard InChI is InChI=1S/C19H28ClNO3/c1-3-12(2)24-19-5-4-13(6-16(19)20)9-21-10-14-7-17(22)18(23)8-15(14)11-21/h4-6,12,14-15,17-18,22-23H,3,7-11H2,1-2H3/t12?,14-,15+,17-,18-/m0/s1. The molecule has 4 nitrogen and oxygen atoms in total. The molecule has 24 heavy (non-hydrogen) atoms. The summed E-state index contributed by atoms with van der Waals surface area (Å²) in [4.78, 5) is 2.40. The molecule has 0 bridgehead atoms. The van der Waals surface area contributed by atoms with E-state index in [2.05, 4.69) is 17.9 Å². The van der Waals surface area contributed by atoms with Crippen molar-refractivity contribution in [3.05, 3.63) is 28.8 Å². The van der Waals surface area contributed by atoms with Crippen molar-refractivity contribution in [2.75, 3.05) is 13.1 Å². The molecule has 3 rings (SSSR count). The molecule has 1 aliphatic carbocycles. The van der Waals surface area contributed by atoms with Crippen molar-refractivity contribution in [2.45, 2.75) is 58.0 Å². The number of aliphatic hydroxyl groups excluding tert-OH is 2. The maximum absolute atomic E-state index is 9.86. The van der Waals surface area contributed by atoms with Gasteiger partial charge >= 0.3 is 0 Å². The van der Waals surface area contributed by atoms with Crippen LogP contribution in [0.2, 0.25) is 5.02 Å². The van der Waals surface area contributed by atoms with Gasteiger partial charge in [-0.1, -0.05) is 24.6 Å². The average Bonchev–Trinajstić information content (AvgIpc) is 2.91. The predicted molar refractivity (Wildman–Crippen MR) is 95.3 cm³/mol. The lowest BCUT2D eigenvalue weighted by Crippen LogP contribution is -2.38. The van der Waals surface area contributed by atoms with Crippen LogP contribution in [-0.2, 0) is 6.54 Å². The first-order chi connectivity index (χ1) is 11.5. The lowest BCUT2D eigenvalue weighted by atomic mass is 9.79. The Morgan fingerprint density at radius 3 is 2.38 bits per heavy atom. The fourth-order valence-electron chi connectivity index (χ4n) is 3.93. The van der Waals surface area contributed by atoms with Crippen LogP contribution in [0.25, 0.3) is 0 Å². The molecule has 1 aromatic rings. The molecule has 1 unspecified atom stereocenters. The van der Waals surface area contributed by atoms with Crippen molar-refractivity contribution < 1.29 is 14.9 Å². The Hall–Kier alpha value is -0.810. The summed E-state index contributed by atoms with van der Waals surface area (Å²) >= 11 is 6.37. The van der Waals surface area contributed by atoms with E-state index >= 15 is 0 Å². The molecular weight excluding hydrogens is 326 g/mol. The van der Waals surface area contributed by atoms with Crippen LogP contribution in [-0.4, -0.2) is 46.5 Å². The third kappa shape index (κ3) is 4.05. The number of ether oxygens (including phenoxy) is 1. The smallest absolute Gasteiger partial charge is 0.138 e. The summed E-state index contributed by atoms with van der Waals surface area (Å²) in [5.74, 6) is 1.73. The van der Waals surface area contributed by atoms with E-state index in [4.69, 9.17) is 16.3 Å². The molecule has 2 aliphatic rings. The highest BCUT2D eigenvalue weighted by molar-refractivity contribution is 6.32. The lowest BCUT2D eigenvalue weighted by molar-refractivity contribution is -0.0372. The van der Waals surface area contributed by atoms with Crippen LogP contribution in [0, 0.1) is 11.8 Å². The molecule has 0 radical (unpaired) electrons. The Morgan fingerprint density at radius 2 is 1.83 bits per heavy atom. The summed E-state index contributed by atoms with van der Waals surface area (Å²) in [5.41, 5.74) is 1.18. The van der Waals surface area contributed by atoms with Crippen molar-refractivity contribution in [3.8, 4) is 5.75 Å². The van der Waals surface area contributed by atoms with Gasteiger partial charge < -0.3 is 14.9 Å². The van der Waals surface area contributed by atoms with E-state index < -0.39 is 12.2 Å². The highest BCUT2D eigenvalue weighted by atomic mass is 35.5. The number of likely N-dealkylation sites (tertiary alicyclic amines) is 1. The molecular formula is C19H28ClNO3. The number of hydrogen-bond donors (Lipinski definition) is 2. The van der Waals surface area contributed by atoms with E-state index in [0.29, 0.717) is 29.7 Å². The molecule has 5 heteroatoms. The van der Waals surface area contributed by atoms with Gasteiger partial charge in [-0.2, -0.15) is 0 Å².